The number of anilines is 1. The first-order chi connectivity index (χ1) is 8.60. The van der Waals surface area contributed by atoms with Crippen molar-refractivity contribution in [2.45, 2.75) is 25.8 Å². The predicted octanol–water partition coefficient (Wildman–Crippen LogP) is 0.941. The van der Waals surface area contributed by atoms with Crippen molar-refractivity contribution in [2.75, 3.05) is 11.9 Å². The predicted molar refractivity (Wildman–Crippen MR) is 66.8 cm³/mol. The van der Waals surface area contributed by atoms with Gasteiger partial charge in [0.1, 0.15) is 16.8 Å². The minimum Gasteiger partial charge on any atom is -0.360 e. The first-order valence-corrected chi connectivity index (χ1v) is 6.00. The molecule has 1 heterocycles. The van der Waals surface area contributed by atoms with Crippen LogP contribution < -0.4 is 10.6 Å². The van der Waals surface area contributed by atoms with Crippen LogP contribution in [0.4, 0.5) is 5.82 Å². The second-order valence-electron chi connectivity index (χ2n) is 4.14. The van der Waals surface area contributed by atoms with Crippen LogP contribution >= 0.6 is 11.6 Å². The largest absolute Gasteiger partial charge is 0.360 e. The van der Waals surface area contributed by atoms with E-state index in [0.29, 0.717) is 18.2 Å². The van der Waals surface area contributed by atoms with Gasteiger partial charge >= 0.3 is 0 Å². The van der Waals surface area contributed by atoms with Crippen molar-refractivity contribution < 1.29 is 9.59 Å². The van der Waals surface area contributed by atoms with Gasteiger partial charge in [0, 0.05) is 6.04 Å². The molecule has 1 amide bonds. The number of aryl methyl sites for hydroxylation is 1. The Balaban J connectivity index is 2.02. The van der Waals surface area contributed by atoms with E-state index in [1.807, 2.05) is 0 Å². The summed E-state index contributed by atoms with van der Waals surface area (Å²) in [6.45, 7) is 1.72. The molecule has 6 nitrogen and oxygen atoms in total. The van der Waals surface area contributed by atoms with Crippen LogP contribution in [0.25, 0.3) is 0 Å². The van der Waals surface area contributed by atoms with Gasteiger partial charge in [0.2, 0.25) is 5.91 Å². The minimum absolute atomic E-state index is 0.0596. The first-order valence-electron chi connectivity index (χ1n) is 5.62. The maximum atomic E-state index is 11.5. The van der Waals surface area contributed by atoms with E-state index in [9.17, 15) is 9.59 Å². The number of nitrogens with zero attached hydrogens (tertiary/aromatic N) is 2. The number of aromatic nitrogens is 2. The van der Waals surface area contributed by atoms with Crippen LogP contribution in [0.3, 0.4) is 0 Å². The van der Waals surface area contributed by atoms with Crippen LogP contribution in [0.2, 0.25) is 5.15 Å². The Morgan fingerprint density at radius 2 is 2.22 bits per heavy atom. The van der Waals surface area contributed by atoms with Crippen molar-refractivity contribution in [3.8, 4) is 0 Å². The first kappa shape index (κ1) is 12.8. The van der Waals surface area contributed by atoms with Crippen LogP contribution in [0.15, 0.2) is 0 Å². The maximum Gasteiger partial charge on any atom is 0.239 e. The van der Waals surface area contributed by atoms with Gasteiger partial charge < -0.3 is 10.6 Å². The Morgan fingerprint density at radius 1 is 1.50 bits per heavy atom. The molecule has 1 aromatic rings. The SMILES string of the molecule is Cc1nc(Cl)c(C=O)c(NCC(=O)NC2CC2)n1. The Kier molecular flexibility index (Phi) is 3.76. The van der Waals surface area contributed by atoms with Crippen molar-refractivity contribution in [2.24, 2.45) is 0 Å². The van der Waals surface area contributed by atoms with E-state index in [4.69, 9.17) is 11.6 Å². The molecule has 18 heavy (non-hydrogen) atoms. The quantitative estimate of drug-likeness (QED) is 0.613. The molecule has 0 radical (unpaired) electrons. The molecule has 0 bridgehead atoms. The second-order valence-corrected chi connectivity index (χ2v) is 4.50. The maximum absolute atomic E-state index is 11.5. The summed E-state index contributed by atoms with van der Waals surface area (Å²) in [5, 5.41) is 5.71. The number of aldehydes is 1. The number of carbonyl (C=O) groups is 2. The standard InChI is InChI=1S/C11H13ClN4O2/c1-6-14-10(12)8(5-17)11(15-6)13-4-9(18)16-7-2-3-7/h5,7H,2-4H2,1H3,(H,16,18)(H,13,14,15). The molecule has 0 spiro atoms. The summed E-state index contributed by atoms with van der Waals surface area (Å²) < 4.78 is 0. The van der Waals surface area contributed by atoms with E-state index >= 15 is 0 Å². The van der Waals surface area contributed by atoms with Crippen LogP contribution in [-0.2, 0) is 4.79 Å². The number of halogens is 1. The molecule has 1 aliphatic rings. The third kappa shape index (κ3) is 3.16. The van der Waals surface area contributed by atoms with Crippen LogP contribution in [0.1, 0.15) is 29.0 Å². The zero-order chi connectivity index (χ0) is 13.1. The third-order valence-corrected chi connectivity index (χ3v) is 2.78. The number of nitrogens with one attached hydrogen (secondary N) is 2. The van der Waals surface area contributed by atoms with E-state index < -0.39 is 0 Å². The highest BCUT2D eigenvalue weighted by Crippen LogP contribution is 2.20. The molecule has 1 aliphatic carbocycles. The van der Waals surface area contributed by atoms with Gasteiger partial charge in [0.05, 0.1) is 12.1 Å². The van der Waals surface area contributed by atoms with Gasteiger partial charge in [0.25, 0.3) is 0 Å². The molecule has 0 aromatic carbocycles. The second kappa shape index (κ2) is 5.30. The van der Waals surface area contributed by atoms with E-state index in [1.165, 1.54) is 0 Å². The van der Waals surface area contributed by atoms with E-state index in [-0.39, 0.29) is 29.0 Å². The Hall–Kier alpha value is -1.69. The average Bonchev–Trinajstić information content (AvgIpc) is 3.09. The number of carbonyl (C=O) groups excluding carboxylic acids is 2. The number of hydrogen-bond donors (Lipinski definition) is 2. The normalized spacial score (nSPS) is 14.1. The molecule has 2 rings (SSSR count). The van der Waals surface area contributed by atoms with E-state index in [1.54, 1.807) is 6.92 Å². The third-order valence-electron chi connectivity index (χ3n) is 2.49. The highest BCUT2D eigenvalue weighted by Gasteiger charge is 2.23. The zero-order valence-electron chi connectivity index (χ0n) is 9.86. The summed E-state index contributed by atoms with van der Waals surface area (Å²) in [5.74, 6) is 0.603. The molecule has 0 saturated heterocycles. The van der Waals surface area contributed by atoms with Crippen molar-refractivity contribution in [1.29, 1.82) is 0 Å². The van der Waals surface area contributed by atoms with Gasteiger partial charge in [-0.25, -0.2) is 9.97 Å². The molecule has 96 valence electrons. The van der Waals surface area contributed by atoms with Crippen LogP contribution in [-0.4, -0.2) is 34.7 Å². The lowest BCUT2D eigenvalue weighted by Gasteiger charge is -2.09. The van der Waals surface area contributed by atoms with E-state index in [2.05, 4.69) is 20.6 Å². The number of rotatable bonds is 5. The zero-order valence-corrected chi connectivity index (χ0v) is 10.6. The molecular weight excluding hydrogens is 256 g/mol. The molecular formula is C11H13ClN4O2. The Morgan fingerprint density at radius 3 is 2.83 bits per heavy atom. The molecule has 7 heteroatoms. The van der Waals surface area contributed by atoms with Gasteiger partial charge in [-0.3, -0.25) is 9.59 Å². The van der Waals surface area contributed by atoms with Crippen LogP contribution in [0.5, 0.6) is 0 Å². The topological polar surface area (TPSA) is 84.0 Å². The fourth-order valence-corrected chi connectivity index (χ4v) is 1.71. The molecule has 1 saturated carbocycles. The molecule has 1 aromatic heterocycles. The van der Waals surface area contributed by atoms with Crippen molar-refractivity contribution in [3.05, 3.63) is 16.5 Å². The summed E-state index contributed by atoms with van der Waals surface area (Å²) in [6.07, 6.45) is 2.64. The number of hydrogen-bond acceptors (Lipinski definition) is 5. The van der Waals surface area contributed by atoms with Gasteiger partial charge in [-0.05, 0) is 19.8 Å². The highest BCUT2D eigenvalue weighted by atomic mass is 35.5. The summed E-state index contributed by atoms with van der Waals surface area (Å²) in [5.41, 5.74) is 0.168. The van der Waals surface area contributed by atoms with Crippen LogP contribution in [0, 0.1) is 6.92 Å². The lowest BCUT2D eigenvalue weighted by molar-refractivity contribution is -0.119. The lowest BCUT2D eigenvalue weighted by Crippen LogP contribution is -2.31. The van der Waals surface area contributed by atoms with Gasteiger partial charge in [-0.1, -0.05) is 11.6 Å². The summed E-state index contributed by atoms with van der Waals surface area (Å²) >= 11 is 5.82. The molecule has 0 unspecified atom stereocenters. The smallest absolute Gasteiger partial charge is 0.239 e. The van der Waals surface area contributed by atoms with E-state index in [0.717, 1.165) is 12.8 Å². The van der Waals surface area contributed by atoms with Gasteiger partial charge in [-0.2, -0.15) is 0 Å². The molecule has 0 aliphatic heterocycles. The summed E-state index contributed by atoms with van der Waals surface area (Å²) in [7, 11) is 0. The summed E-state index contributed by atoms with van der Waals surface area (Å²) in [4.78, 5) is 30.3. The van der Waals surface area contributed by atoms with Gasteiger partial charge in [0.15, 0.2) is 6.29 Å². The lowest BCUT2D eigenvalue weighted by atomic mass is 10.3. The molecule has 0 atom stereocenters. The minimum atomic E-state index is -0.123. The summed E-state index contributed by atoms with van der Waals surface area (Å²) in [6, 6.07) is 0.306. The van der Waals surface area contributed by atoms with Crippen molar-refractivity contribution >= 4 is 29.6 Å². The van der Waals surface area contributed by atoms with Crippen molar-refractivity contribution in [3.63, 3.8) is 0 Å². The van der Waals surface area contributed by atoms with Gasteiger partial charge in [-0.15, -0.1) is 0 Å². The Bertz CT molecular complexity index is 488. The molecule has 2 N–H and O–H groups in total. The molecule has 1 fully saturated rings. The number of amides is 1. The monoisotopic (exact) mass is 268 g/mol. The van der Waals surface area contributed by atoms with Crippen molar-refractivity contribution in [1.82, 2.24) is 15.3 Å². The fraction of sp³-hybridized carbons (Fsp3) is 0.455. The fourth-order valence-electron chi connectivity index (χ4n) is 1.46. The Labute approximate surface area is 109 Å². The highest BCUT2D eigenvalue weighted by molar-refractivity contribution is 6.32. The average molecular weight is 269 g/mol.